The molecule has 2 heterocycles. The monoisotopic (exact) mass is 499 g/mol. The molecule has 5 nitrogen and oxygen atoms in total. The van der Waals surface area contributed by atoms with Gasteiger partial charge in [-0.15, -0.1) is 0 Å². The zero-order chi connectivity index (χ0) is 24.9. The van der Waals surface area contributed by atoms with Crippen molar-refractivity contribution in [2.45, 2.75) is 20.8 Å². The van der Waals surface area contributed by atoms with Crippen molar-refractivity contribution in [2.75, 3.05) is 4.90 Å². The van der Waals surface area contributed by atoms with Gasteiger partial charge in [0.25, 0.3) is 11.8 Å². The highest BCUT2D eigenvalue weighted by atomic mass is 35.5. The van der Waals surface area contributed by atoms with Crippen molar-refractivity contribution in [3.8, 4) is 5.69 Å². The molecule has 0 spiro atoms. The fourth-order valence-electron chi connectivity index (χ4n) is 4.52. The second kappa shape index (κ2) is 8.80. The van der Waals surface area contributed by atoms with Gasteiger partial charge in [-0.1, -0.05) is 48.0 Å². The molecule has 0 bridgehead atoms. The molecule has 2 amide bonds. The topological polar surface area (TPSA) is 54.3 Å². The lowest BCUT2D eigenvalue weighted by Gasteiger charge is -2.30. The Labute approximate surface area is 213 Å². The van der Waals surface area contributed by atoms with Crippen molar-refractivity contribution in [1.82, 2.24) is 9.88 Å². The standard InChI is InChI=1S/C28H22ClN3O2S/c1-16-13-21(18(3)31(16)22-12-11-19-7-4-5-8-20(19)14-22)15-23-26(33)30-28(35)32(27(23)34)25-10-6-9-24(29)17(25)2/h4-15H,1-3H3,(H,30,33,35)/b23-15+. The third-order valence-corrected chi connectivity index (χ3v) is 7.04. The van der Waals surface area contributed by atoms with E-state index in [0.717, 1.165) is 33.4 Å². The van der Waals surface area contributed by atoms with Gasteiger partial charge in [0.05, 0.1) is 5.69 Å². The number of carbonyl (C=O) groups excluding carboxylic acids is 2. The van der Waals surface area contributed by atoms with Crippen LogP contribution in [0.5, 0.6) is 0 Å². The molecule has 0 radical (unpaired) electrons. The number of nitrogens with one attached hydrogen (secondary N) is 1. The highest BCUT2D eigenvalue weighted by Gasteiger charge is 2.35. The number of hydrogen-bond acceptors (Lipinski definition) is 3. The van der Waals surface area contributed by atoms with Crippen LogP contribution in [0, 0.1) is 20.8 Å². The fraction of sp³-hybridized carbons (Fsp3) is 0.107. The van der Waals surface area contributed by atoms with Crippen molar-refractivity contribution in [3.63, 3.8) is 0 Å². The summed E-state index contributed by atoms with van der Waals surface area (Å²) >= 11 is 11.6. The Bertz CT molecular complexity index is 1580. The first-order chi connectivity index (χ1) is 16.8. The van der Waals surface area contributed by atoms with E-state index in [1.807, 2.05) is 39.0 Å². The lowest BCUT2D eigenvalue weighted by molar-refractivity contribution is -0.122. The minimum absolute atomic E-state index is 0.0109. The molecular weight excluding hydrogens is 478 g/mol. The average molecular weight is 500 g/mol. The second-order valence-electron chi connectivity index (χ2n) is 8.54. The first-order valence-corrected chi connectivity index (χ1v) is 11.9. The molecule has 3 aromatic carbocycles. The smallest absolute Gasteiger partial charge is 0.270 e. The van der Waals surface area contributed by atoms with Crippen LogP contribution in [0.2, 0.25) is 5.02 Å². The molecule has 1 saturated heterocycles. The molecular formula is C28H22ClN3O2S. The van der Waals surface area contributed by atoms with E-state index >= 15 is 0 Å². The van der Waals surface area contributed by atoms with Crippen LogP contribution >= 0.6 is 23.8 Å². The quantitative estimate of drug-likeness (QED) is 0.212. The van der Waals surface area contributed by atoms with Crippen LogP contribution in [0.1, 0.15) is 22.5 Å². The van der Waals surface area contributed by atoms with E-state index in [2.05, 4.69) is 40.2 Å². The number of carbonyl (C=O) groups is 2. The summed E-state index contributed by atoms with van der Waals surface area (Å²) in [5, 5.41) is 5.50. The summed E-state index contributed by atoms with van der Waals surface area (Å²) in [6.45, 7) is 5.79. The van der Waals surface area contributed by atoms with E-state index in [-0.39, 0.29) is 10.7 Å². The van der Waals surface area contributed by atoms with Crippen molar-refractivity contribution in [2.24, 2.45) is 0 Å². The highest BCUT2D eigenvalue weighted by molar-refractivity contribution is 7.80. The molecule has 1 fully saturated rings. The average Bonchev–Trinajstić information content (AvgIpc) is 3.11. The predicted molar refractivity (Wildman–Crippen MR) is 145 cm³/mol. The van der Waals surface area contributed by atoms with Crippen molar-refractivity contribution in [1.29, 1.82) is 0 Å². The van der Waals surface area contributed by atoms with Crippen molar-refractivity contribution < 1.29 is 9.59 Å². The Morgan fingerprint density at radius 3 is 2.43 bits per heavy atom. The fourth-order valence-corrected chi connectivity index (χ4v) is 4.96. The molecule has 0 atom stereocenters. The van der Waals surface area contributed by atoms with E-state index in [1.54, 1.807) is 24.3 Å². The van der Waals surface area contributed by atoms with Crippen LogP contribution in [0.15, 0.2) is 72.3 Å². The first-order valence-electron chi connectivity index (χ1n) is 11.1. The number of amides is 2. The van der Waals surface area contributed by atoms with E-state index < -0.39 is 11.8 Å². The third kappa shape index (κ3) is 3.95. The summed E-state index contributed by atoms with van der Waals surface area (Å²) in [5.74, 6) is -1.01. The predicted octanol–water partition coefficient (Wildman–Crippen LogP) is 6.04. The van der Waals surface area contributed by atoms with Crippen LogP contribution < -0.4 is 10.2 Å². The van der Waals surface area contributed by atoms with Gasteiger partial charge < -0.3 is 4.57 Å². The van der Waals surface area contributed by atoms with Gasteiger partial charge in [-0.2, -0.15) is 0 Å². The summed E-state index contributed by atoms with van der Waals surface area (Å²) in [4.78, 5) is 27.6. The minimum Gasteiger partial charge on any atom is -0.318 e. The largest absolute Gasteiger partial charge is 0.318 e. The Morgan fingerprint density at radius 2 is 1.66 bits per heavy atom. The van der Waals surface area contributed by atoms with E-state index in [4.69, 9.17) is 23.8 Å². The van der Waals surface area contributed by atoms with Gasteiger partial charge in [0.15, 0.2) is 5.11 Å². The molecule has 1 aromatic heterocycles. The molecule has 0 unspecified atom stereocenters. The Kier molecular flexibility index (Phi) is 5.79. The van der Waals surface area contributed by atoms with Crippen LogP contribution in [0.3, 0.4) is 0 Å². The van der Waals surface area contributed by atoms with E-state index in [0.29, 0.717) is 16.3 Å². The number of anilines is 1. The number of aromatic nitrogens is 1. The second-order valence-corrected chi connectivity index (χ2v) is 9.33. The zero-order valence-corrected chi connectivity index (χ0v) is 21.0. The number of fused-ring (bicyclic) bond motifs is 1. The maximum absolute atomic E-state index is 13.5. The molecule has 7 heteroatoms. The zero-order valence-electron chi connectivity index (χ0n) is 19.4. The number of thiocarbonyl (C=S) groups is 1. The SMILES string of the molecule is Cc1c(Cl)cccc1N1C(=O)/C(=C/c2cc(C)n(-c3ccc4ccccc4c3)c2C)C(=O)NC1=S. The number of halogens is 1. The van der Waals surface area contributed by atoms with E-state index in [9.17, 15) is 9.59 Å². The molecule has 35 heavy (non-hydrogen) atoms. The minimum atomic E-state index is -0.522. The van der Waals surface area contributed by atoms with Crippen LogP contribution in [0.4, 0.5) is 5.69 Å². The van der Waals surface area contributed by atoms with Gasteiger partial charge in [0.1, 0.15) is 5.57 Å². The van der Waals surface area contributed by atoms with Crippen molar-refractivity contribution in [3.05, 3.63) is 99.8 Å². The van der Waals surface area contributed by atoms with Gasteiger partial charge in [0, 0.05) is 22.1 Å². The Balaban J connectivity index is 1.58. The molecule has 1 N–H and O–H groups in total. The number of nitrogens with zero attached hydrogens (tertiary/aromatic N) is 2. The molecule has 0 aliphatic carbocycles. The molecule has 174 valence electrons. The highest BCUT2D eigenvalue weighted by Crippen LogP contribution is 2.31. The number of hydrogen-bond donors (Lipinski definition) is 1. The van der Waals surface area contributed by atoms with Crippen LogP contribution in [-0.4, -0.2) is 21.5 Å². The lowest BCUT2D eigenvalue weighted by atomic mass is 10.1. The summed E-state index contributed by atoms with van der Waals surface area (Å²) in [5.41, 5.74) is 4.97. The molecule has 1 aliphatic rings. The van der Waals surface area contributed by atoms with Gasteiger partial charge in [-0.05, 0) is 91.3 Å². The summed E-state index contributed by atoms with van der Waals surface area (Å²) in [7, 11) is 0. The molecule has 0 saturated carbocycles. The number of aryl methyl sites for hydroxylation is 1. The molecule has 1 aliphatic heterocycles. The summed E-state index contributed by atoms with van der Waals surface area (Å²) in [6.07, 6.45) is 1.63. The van der Waals surface area contributed by atoms with Crippen LogP contribution in [-0.2, 0) is 9.59 Å². The summed E-state index contributed by atoms with van der Waals surface area (Å²) in [6, 6.07) is 21.7. The summed E-state index contributed by atoms with van der Waals surface area (Å²) < 4.78 is 2.12. The van der Waals surface area contributed by atoms with E-state index in [1.165, 1.54) is 4.90 Å². The van der Waals surface area contributed by atoms with Crippen molar-refractivity contribution >= 4 is 63.3 Å². The number of rotatable bonds is 3. The molecule has 5 rings (SSSR count). The lowest BCUT2D eigenvalue weighted by Crippen LogP contribution is -2.54. The Hall–Kier alpha value is -3.74. The van der Waals surface area contributed by atoms with Gasteiger partial charge >= 0.3 is 0 Å². The normalized spacial score (nSPS) is 15.3. The van der Waals surface area contributed by atoms with Crippen LogP contribution in [0.25, 0.3) is 22.5 Å². The maximum atomic E-state index is 13.5. The van der Waals surface area contributed by atoms with Gasteiger partial charge in [-0.25, -0.2) is 0 Å². The number of benzene rings is 3. The Morgan fingerprint density at radius 1 is 0.914 bits per heavy atom. The van der Waals surface area contributed by atoms with Gasteiger partial charge in [0.2, 0.25) is 0 Å². The third-order valence-electron chi connectivity index (χ3n) is 6.34. The maximum Gasteiger partial charge on any atom is 0.270 e. The van der Waals surface area contributed by atoms with Gasteiger partial charge in [-0.3, -0.25) is 19.8 Å². The first kappa shape index (κ1) is 23.0. The molecule has 4 aromatic rings.